The van der Waals surface area contributed by atoms with Gasteiger partial charge in [-0.3, -0.25) is 14.5 Å². The monoisotopic (exact) mass is 624 g/mol. The number of anilines is 1. The summed E-state index contributed by atoms with van der Waals surface area (Å²) in [5, 5.41) is 4.86. The first-order valence-electron chi connectivity index (χ1n) is 15.4. The number of carbonyl (C=O) groups excluding carboxylic acids is 2. The van der Waals surface area contributed by atoms with Crippen molar-refractivity contribution in [3.05, 3.63) is 33.3 Å². The molecule has 2 amide bonds. The summed E-state index contributed by atoms with van der Waals surface area (Å²) in [6.45, 7) is 11.1. The van der Waals surface area contributed by atoms with E-state index in [1.807, 2.05) is 24.8 Å². The molecule has 12 heteroatoms. The molecule has 44 heavy (non-hydrogen) atoms. The van der Waals surface area contributed by atoms with Gasteiger partial charge in [0.1, 0.15) is 10.7 Å². The Morgan fingerprint density at radius 3 is 2.52 bits per heavy atom. The number of nitrogens with zero attached hydrogens (tertiary/aromatic N) is 5. The summed E-state index contributed by atoms with van der Waals surface area (Å²) in [5.74, 6) is 2.81. The Bertz CT molecular complexity index is 1510. The Balaban J connectivity index is 1.55. The van der Waals surface area contributed by atoms with Gasteiger partial charge in [-0.1, -0.05) is 6.92 Å². The van der Waals surface area contributed by atoms with Gasteiger partial charge in [-0.05, 0) is 45.2 Å². The lowest BCUT2D eigenvalue weighted by atomic mass is 9.97. The van der Waals surface area contributed by atoms with Crippen LogP contribution in [0.25, 0.3) is 10.9 Å². The summed E-state index contributed by atoms with van der Waals surface area (Å²) in [5.41, 5.74) is 2.58. The van der Waals surface area contributed by atoms with Crippen molar-refractivity contribution in [2.45, 2.75) is 46.6 Å². The number of ether oxygens (including phenoxy) is 3. The molecule has 2 aliphatic heterocycles. The summed E-state index contributed by atoms with van der Waals surface area (Å²) < 4.78 is 17.2. The van der Waals surface area contributed by atoms with E-state index in [4.69, 9.17) is 19.2 Å². The van der Waals surface area contributed by atoms with Crippen LogP contribution in [-0.2, 0) is 11.3 Å². The first-order chi connectivity index (χ1) is 21.3. The van der Waals surface area contributed by atoms with E-state index in [1.165, 1.54) is 11.3 Å². The number of benzene rings is 1. The van der Waals surface area contributed by atoms with E-state index in [0.29, 0.717) is 60.8 Å². The standard InChI is InChI=1S/C32H44N6O5S/c1-7-36-13-14-37(32(40)30-20(2)34-21(3)44-30)12-10-27(39)33-17-22-9-8-11-38(18-22)31-23(19-36)15-24-25(35-31)16-26(41-4)29(43-6)28(24)42-5/h15-16,22H,7-14,17-19H2,1-6H3,(H,33,39). The van der Waals surface area contributed by atoms with Crippen molar-refractivity contribution >= 4 is 39.9 Å². The largest absolute Gasteiger partial charge is 0.493 e. The number of likely N-dealkylation sites (N-methyl/N-ethyl adjacent to an activating group) is 1. The number of pyridine rings is 1. The minimum absolute atomic E-state index is 0.0305. The van der Waals surface area contributed by atoms with Crippen LogP contribution in [0.5, 0.6) is 17.2 Å². The average molecular weight is 625 g/mol. The van der Waals surface area contributed by atoms with E-state index in [1.54, 1.807) is 21.3 Å². The number of thiazole rings is 1. The molecular formula is C32H44N6O5S. The normalized spacial score (nSPS) is 18.7. The predicted molar refractivity (Wildman–Crippen MR) is 172 cm³/mol. The highest BCUT2D eigenvalue weighted by atomic mass is 32.1. The third-order valence-electron chi connectivity index (χ3n) is 8.61. The van der Waals surface area contributed by atoms with Crippen molar-refractivity contribution < 1.29 is 23.8 Å². The highest BCUT2D eigenvalue weighted by Gasteiger charge is 2.28. The Morgan fingerprint density at radius 2 is 1.84 bits per heavy atom. The maximum Gasteiger partial charge on any atom is 0.265 e. The quantitative estimate of drug-likeness (QED) is 0.450. The third-order valence-corrected chi connectivity index (χ3v) is 9.67. The fourth-order valence-electron chi connectivity index (χ4n) is 6.26. The molecule has 11 nitrogen and oxygen atoms in total. The maximum absolute atomic E-state index is 13.7. The van der Waals surface area contributed by atoms with Gasteiger partial charge in [0, 0.05) is 69.3 Å². The molecule has 5 rings (SSSR count). The van der Waals surface area contributed by atoms with E-state index >= 15 is 0 Å². The predicted octanol–water partition coefficient (Wildman–Crippen LogP) is 4.03. The van der Waals surface area contributed by atoms with Gasteiger partial charge >= 0.3 is 0 Å². The molecule has 1 unspecified atom stereocenters. The van der Waals surface area contributed by atoms with Gasteiger partial charge in [0.15, 0.2) is 11.5 Å². The van der Waals surface area contributed by atoms with Gasteiger partial charge in [-0.25, -0.2) is 9.97 Å². The molecule has 0 aliphatic carbocycles. The van der Waals surface area contributed by atoms with Crippen molar-refractivity contribution in [1.29, 1.82) is 0 Å². The van der Waals surface area contributed by atoms with Gasteiger partial charge in [0.05, 0.1) is 37.5 Å². The molecule has 1 N–H and O–H groups in total. The summed E-state index contributed by atoms with van der Waals surface area (Å²) in [4.78, 5) is 43.5. The zero-order valence-electron chi connectivity index (χ0n) is 26.7. The Labute approximate surface area is 263 Å². The average Bonchev–Trinajstić information content (AvgIpc) is 3.38. The second-order valence-electron chi connectivity index (χ2n) is 11.5. The van der Waals surface area contributed by atoms with Gasteiger partial charge in [0.25, 0.3) is 5.91 Å². The number of aromatic nitrogens is 2. The molecule has 1 atom stereocenters. The molecule has 2 bridgehead atoms. The highest BCUT2D eigenvalue weighted by Crippen LogP contribution is 2.44. The Kier molecular flexibility index (Phi) is 10.1. The fourth-order valence-corrected chi connectivity index (χ4v) is 7.15. The van der Waals surface area contributed by atoms with Crippen LogP contribution in [0.2, 0.25) is 0 Å². The zero-order valence-corrected chi connectivity index (χ0v) is 27.5. The lowest BCUT2D eigenvalue weighted by Crippen LogP contribution is -2.42. The minimum atomic E-state index is -0.0675. The molecule has 1 aromatic carbocycles. The summed E-state index contributed by atoms with van der Waals surface area (Å²) in [7, 11) is 4.85. The number of aryl methyl sites for hydroxylation is 2. The van der Waals surface area contributed by atoms with Crippen LogP contribution in [0.15, 0.2) is 12.1 Å². The molecule has 3 aromatic rings. The van der Waals surface area contributed by atoms with Crippen molar-refractivity contribution in [1.82, 2.24) is 25.1 Å². The summed E-state index contributed by atoms with van der Waals surface area (Å²) in [6.07, 6.45) is 2.32. The van der Waals surface area contributed by atoms with Crippen LogP contribution in [0.3, 0.4) is 0 Å². The van der Waals surface area contributed by atoms with E-state index in [2.05, 4.69) is 33.1 Å². The van der Waals surface area contributed by atoms with Crippen LogP contribution in [0, 0.1) is 19.8 Å². The van der Waals surface area contributed by atoms with E-state index in [0.717, 1.165) is 65.5 Å². The second-order valence-corrected chi connectivity index (χ2v) is 12.7. The molecule has 1 fully saturated rings. The number of nitrogens with one attached hydrogen (secondary N) is 1. The number of carbonyl (C=O) groups is 2. The van der Waals surface area contributed by atoms with Crippen LogP contribution >= 0.6 is 11.3 Å². The second kappa shape index (κ2) is 14.0. The van der Waals surface area contributed by atoms with Crippen molar-refractivity contribution in [3.63, 3.8) is 0 Å². The molecule has 0 radical (unpaired) electrons. The van der Waals surface area contributed by atoms with E-state index < -0.39 is 0 Å². The summed E-state index contributed by atoms with van der Waals surface area (Å²) in [6, 6.07) is 4.06. The van der Waals surface area contributed by atoms with Gasteiger partial charge in [-0.15, -0.1) is 11.3 Å². The Morgan fingerprint density at radius 1 is 1.05 bits per heavy atom. The van der Waals surface area contributed by atoms with Gasteiger partial charge in [0.2, 0.25) is 11.7 Å². The molecule has 2 aliphatic rings. The smallest absolute Gasteiger partial charge is 0.265 e. The molecule has 4 heterocycles. The zero-order chi connectivity index (χ0) is 31.4. The minimum Gasteiger partial charge on any atom is -0.493 e. The molecule has 1 saturated heterocycles. The van der Waals surface area contributed by atoms with Crippen molar-refractivity contribution in [2.75, 3.05) is 72.0 Å². The van der Waals surface area contributed by atoms with Crippen LogP contribution in [0.1, 0.15) is 52.1 Å². The van der Waals surface area contributed by atoms with E-state index in [9.17, 15) is 9.59 Å². The molecule has 238 valence electrons. The molecule has 2 aromatic heterocycles. The number of rotatable bonds is 5. The number of hydrogen-bond donors (Lipinski definition) is 1. The highest BCUT2D eigenvalue weighted by molar-refractivity contribution is 7.13. The van der Waals surface area contributed by atoms with Gasteiger partial charge in [-0.2, -0.15) is 0 Å². The fraction of sp³-hybridized carbons (Fsp3) is 0.562. The van der Waals surface area contributed by atoms with Crippen molar-refractivity contribution in [2.24, 2.45) is 5.92 Å². The van der Waals surface area contributed by atoms with Crippen molar-refractivity contribution in [3.8, 4) is 17.2 Å². The third kappa shape index (κ3) is 6.71. The van der Waals surface area contributed by atoms with Gasteiger partial charge < -0.3 is 29.3 Å². The number of hydrogen-bond acceptors (Lipinski definition) is 10. The van der Waals surface area contributed by atoms with Crippen LogP contribution < -0.4 is 24.4 Å². The first kappa shape index (κ1) is 31.8. The maximum atomic E-state index is 13.7. The first-order valence-corrected chi connectivity index (χ1v) is 16.2. The topological polar surface area (TPSA) is 109 Å². The molecular weight excluding hydrogens is 580 g/mol. The molecule has 0 spiro atoms. The lowest BCUT2D eigenvalue weighted by molar-refractivity contribution is -0.121. The number of methoxy groups -OCH3 is 3. The van der Waals surface area contributed by atoms with E-state index in [-0.39, 0.29) is 18.2 Å². The number of amides is 2. The van der Waals surface area contributed by atoms with Crippen LogP contribution in [-0.4, -0.2) is 98.7 Å². The lowest BCUT2D eigenvalue weighted by Gasteiger charge is -2.35. The van der Waals surface area contributed by atoms with Crippen LogP contribution in [0.4, 0.5) is 5.82 Å². The SMILES string of the molecule is CCN1CCN(C(=O)c2sc(C)nc2C)CCC(=O)NCC2CCCN(C2)c2nc3cc(OC)c(OC)c(OC)c3cc2C1. The number of fused-ring (bicyclic) bond motifs is 5. The summed E-state index contributed by atoms with van der Waals surface area (Å²) >= 11 is 1.41. The molecule has 0 saturated carbocycles. The Hall–Kier alpha value is -3.64. The number of piperidine rings is 1.